The zero-order chi connectivity index (χ0) is 30.1. The number of ether oxygens (including phenoxy) is 3. The maximum absolute atomic E-state index is 14.9. The number of benzene rings is 2. The van der Waals surface area contributed by atoms with E-state index in [2.05, 4.69) is 9.88 Å². The Morgan fingerprint density at radius 2 is 1.60 bits per heavy atom. The first-order valence-electron chi connectivity index (χ1n) is 14.7. The van der Waals surface area contributed by atoms with Crippen LogP contribution in [0.5, 0.6) is 0 Å². The third-order valence-electron chi connectivity index (χ3n) is 8.61. The van der Waals surface area contributed by atoms with Gasteiger partial charge >= 0.3 is 29.6 Å². The highest BCUT2D eigenvalue weighted by molar-refractivity contribution is 6.30. The molecule has 3 fully saturated rings. The van der Waals surface area contributed by atoms with Crippen molar-refractivity contribution in [3.8, 4) is 11.1 Å². The quantitative estimate of drug-likeness (QED) is 0.258. The van der Waals surface area contributed by atoms with Gasteiger partial charge in [0.1, 0.15) is 5.82 Å². The van der Waals surface area contributed by atoms with Crippen molar-refractivity contribution < 1.29 is 28.2 Å². The van der Waals surface area contributed by atoms with Crippen LogP contribution in [0.2, 0.25) is 0 Å². The number of rotatable bonds is 10. The fraction of sp³-hybridized carbons (Fsp3) is 0.452. The van der Waals surface area contributed by atoms with Crippen molar-refractivity contribution in [3.05, 3.63) is 86.7 Å². The number of hydrogen-bond acceptors (Lipinski definition) is 9. The molecular weight excluding hydrogens is 559 g/mol. The maximum atomic E-state index is 14.9. The molecule has 2 bridgehead atoms. The molecule has 0 aliphatic carbocycles. The van der Waals surface area contributed by atoms with Crippen molar-refractivity contribution in [1.29, 1.82) is 0 Å². The summed E-state index contributed by atoms with van der Waals surface area (Å²) in [5, 5.41) is 0. The molecule has 0 radical (unpaired) electrons. The zero-order valence-electron chi connectivity index (χ0n) is 23.8. The average molecular weight is 593 g/mol. The van der Waals surface area contributed by atoms with E-state index in [-0.39, 0.29) is 37.4 Å². The summed E-state index contributed by atoms with van der Waals surface area (Å²) in [5.74, 6) is -2.87. The van der Waals surface area contributed by atoms with Gasteiger partial charge in [-0.2, -0.15) is 4.98 Å². The fourth-order valence-electron chi connectivity index (χ4n) is 6.56. The number of aromatic nitrogens is 3. The summed E-state index contributed by atoms with van der Waals surface area (Å²) >= 11 is 0. The van der Waals surface area contributed by atoms with E-state index < -0.39 is 29.6 Å². The van der Waals surface area contributed by atoms with Crippen molar-refractivity contribution in [2.24, 2.45) is 0 Å². The van der Waals surface area contributed by atoms with Crippen molar-refractivity contribution in [1.82, 2.24) is 19.0 Å². The summed E-state index contributed by atoms with van der Waals surface area (Å²) in [6.07, 6.45) is 2.81. The highest BCUT2D eigenvalue weighted by Crippen LogP contribution is 2.38. The standard InChI is InChI=1S/C31H33FN4O7/c1-2-34-26(29-42-27(37)28(38)43-29)33-30(39)36(31(34)40)15-7-14-35-20-12-13-21(35)17-22(16-20)41-18-24-23(10-6-11-25(24)32)19-8-4-3-5-9-19/h3-6,8-11,20-22,29H,2,7,12-18H2,1H3. The predicted molar refractivity (Wildman–Crippen MR) is 151 cm³/mol. The molecule has 11 nitrogen and oxygen atoms in total. The first kappa shape index (κ1) is 28.9. The SMILES string of the molecule is CCn1c(C2OC(=O)C(=O)O2)nc(=O)n(CCCN2C3CCC2CC(OCc2c(F)cccc2-c2ccccc2)C3)c1=O. The molecule has 3 aromatic rings. The molecule has 2 aromatic carbocycles. The smallest absolute Gasteiger partial charge is 0.409 e. The van der Waals surface area contributed by atoms with E-state index >= 15 is 0 Å². The Bertz CT molecular complexity index is 1610. The second kappa shape index (κ2) is 12.2. The van der Waals surface area contributed by atoms with Gasteiger partial charge in [0.15, 0.2) is 0 Å². The Morgan fingerprint density at radius 1 is 0.907 bits per heavy atom. The lowest BCUT2D eigenvalue weighted by molar-refractivity contribution is -0.150. The third kappa shape index (κ3) is 5.76. The lowest BCUT2D eigenvalue weighted by atomic mass is 9.98. The Labute approximate surface area is 246 Å². The Hall–Kier alpha value is -4.16. The number of halogens is 1. The van der Waals surface area contributed by atoms with Crippen molar-refractivity contribution in [2.75, 3.05) is 6.54 Å². The lowest BCUT2D eigenvalue weighted by Gasteiger charge is -2.39. The molecule has 43 heavy (non-hydrogen) atoms. The van der Waals surface area contributed by atoms with E-state index in [4.69, 9.17) is 14.2 Å². The molecule has 3 saturated heterocycles. The summed E-state index contributed by atoms with van der Waals surface area (Å²) in [4.78, 5) is 55.0. The van der Waals surface area contributed by atoms with Crippen LogP contribution >= 0.6 is 0 Å². The molecule has 0 N–H and O–H groups in total. The number of fused-ring (bicyclic) bond motifs is 2. The summed E-state index contributed by atoms with van der Waals surface area (Å²) < 4.78 is 33.0. The molecule has 1 aromatic heterocycles. The molecule has 4 heterocycles. The average Bonchev–Trinajstić information content (AvgIpc) is 3.46. The van der Waals surface area contributed by atoms with Gasteiger partial charge in [0.2, 0.25) is 5.82 Å². The van der Waals surface area contributed by atoms with Gasteiger partial charge in [-0.3, -0.25) is 9.47 Å². The molecule has 2 atom stereocenters. The second-order valence-electron chi connectivity index (χ2n) is 11.1. The van der Waals surface area contributed by atoms with Gasteiger partial charge in [-0.15, -0.1) is 0 Å². The minimum absolute atomic E-state index is 0.0203. The van der Waals surface area contributed by atoms with E-state index in [1.165, 1.54) is 10.6 Å². The number of carbonyl (C=O) groups excluding carboxylic acids is 2. The van der Waals surface area contributed by atoms with Crippen LogP contribution in [0.25, 0.3) is 11.1 Å². The Kier molecular flexibility index (Phi) is 8.22. The summed E-state index contributed by atoms with van der Waals surface area (Å²) in [6.45, 7) is 2.89. The molecule has 6 rings (SSSR count). The van der Waals surface area contributed by atoms with Gasteiger partial charge < -0.3 is 14.2 Å². The summed E-state index contributed by atoms with van der Waals surface area (Å²) in [7, 11) is 0. The topological polar surface area (TPSA) is 122 Å². The predicted octanol–water partition coefficient (Wildman–Crippen LogP) is 2.93. The fourth-order valence-corrected chi connectivity index (χ4v) is 6.56. The lowest BCUT2D eigenvalue weighted by Crippen LogP contribution is -2.47. The molecule has 0 saturated carbocycles. The van der Waals surface area contributed by atoms with Gasteiger partial charge in [-0.25, -0.2) is 28.1 Å². The monoisotopic (exact) mass is 592 g/mol. The van der Waals surface area contributed by atoms with E-state index in [9.17, 15) is 23.6 Å². The minimum atomic E-state index is -1.52. The van der Waals surface area contributed by atoms with E-state index in [1.54, 1.807) is 13.0 Å². The molecule has 3 aliphatic rings. The molecule has 0 spiro atoms. The molecule has 3 aliphatic heterocycles. The van der Waals surface area contributed by atoms with Crippen LogP contribution in [0.4, 0.5) is 4.39 Å². The Morgan fingerprint density at radius 3 is 2.28 bits per heavy atom. The van der Waals surface area contributed by atoms with Crippen molar-refractivity contribution in [3.63, 3.8) is 0 Å². The summed E-state index contributed by atoms with van der Waals surface area (Å²) in [5.41, 5.74) is 0.966. The highest BCUT2D eigenvalue weighted by atomic mass is 19.1. The molecule has 12 heteroatoms. The van der Waals surface area contributed by atoms with Crippen LogP contribution in [-0.4, -0.2) is 55.7 Å². The van der Waals surface area contributed by atoms with Crippen LogP contribution in [0.3, 0.4) is 0 Å². The van der Waals surface area contributed by atoms with E-state index in [0.29, 0.717) is 30.6 Å². The largest absolute Gasteiger partial charge is 0.421 e. The van der Waals surface area contributed by atoms with Crippen LogP contribution in [0.1, 0.15) is 56.7 Å². The van der Waals surface area contributed by atoms with Crippen molar-refractivity contribution in [2.45, 2.75) is 83.2 Å². The highest BCUT2D eigenvalue weighted by Gasteiger charge is 2.41. The number of carbonyl (C=O) groups is 2. The number of esters is 2. The van der Waals surface area contributed by atoms with Crippen molar-refractivity contribution >= 4 is 11.9 Å². The van der Waals surface area contributed by atoms with Crippen LogP contribution in [-0.2, 0) is 43.5 Å². The normalized spacial score (nSPS) is 22.1. The Balaban J connectivity index is 1.07. The maximum Gasteiger partial charge on any atom is 0.421 e. The number of nitrogens with zero attached hydrogens (tertiary/aromatic N) is 4. The first-order valence-corrected chi connectivity index (χ1v) is 14.7. The summed E-state index contributed by atoms with van der Waals surface area (Å²) in [6, 6.07) is 15.5. The number of piperidine rings is 1. The minimum Gasteiger partial charge on any atom is -0.409 e. The number of cyclic esters (lactones) is 2. The van der Waals surface area contributed by atoms with E-state index in [0.717, 1.165) is 41.4 Å². The molecular formula is C31H33FN4O7. The van der Waals surface area contributed by atoms with Gasteiger partial charge in [0, 0.05) is 37.3 Å². The first-order chi connectivity index (χ1) is 20.8. The molecule has 2 unspecified atom stereocenters. The van der Waals surface area contributed by atoms with Crippen LogP contribution in [0.15, 0.2) is 58.1 Å². The molecule has 226 valence electrons. The van der Waals surface area contributed by atoms with Crippen LogP contribution in [0, 0.1) is 5.82 Å². The number of hydrogen-bond donors (Lipinski definition) is 0. The van der Waals surface area contributed by atoms with Crippen LogP contribution < -0.4 is 11.4 Å². The second-order valence-corrected chi connectivity index (χ2v) is 11.1. The van der Waals surface area contributed by atoms with Gasteiger partial charge in [-0.1, -0.05) is 42.5 Å². The molecule has 0 amide bonds. The van der Waals surface area contributed by atoms with E-state index in [1.807, 2.05) is 36.4 Å². The van der Waals surface area contributed by atoms with Gasteiger partial charge in [0.25, 0.3) is 0 Å². The van der Waals surface area contributed by atoms with Gasteiger partial charge in [0.05, 0.1) is 12.7 Å². The third-order valence-corrected chi connectivity index (χ3v) is 8.61. The zero-order valence-corrected chi connectivity index (χ0v) is 23.8. The van der Waals surface area contributed by atoms with Gasteiger partial charge in [-0.05, 0) is 56.2 Å².